The van der Waals surface area contributed by atoms with Gasteiger partial charge in [-0.3, -0.25) is 4.79 Å². The lowest BCUT2D eigenvalue weighted by molar-refractivity contribution is -0.141. The van der Waals surface area contributed by atoms with Gasteiger partial charge in [-0.25, -0.2) is 4.79 Å². The Morgan fingerprint density at radius 1 is 1.25 bits per heavy atom. The average Bonchev–Trinajstić information content (AvgIpc) is 2.51. The minimum Gasteiger partial charge on any atom is -0.480 e. The number of anilines is 1. The maximum atomic E-state index is 12.6. The molecule has 0 saturated carbocycles. The molecule has 0 heterocycles. The summed E-state index contributed by atoms with van der Waals surface area (Å²) >= 11 is 0. The smallest absolute Gasteiger partial charge is 0.416 e. The Morgan fingerprint density at radius 2 is 1.96 bits per heavy atom. The zero-order valence-electron chi connectivity index (χ0n) is 12.9. The molecule has 0 bridgehead atoms. The third-order valence-corrected chi connectivity index (χ3v) is 3.22. The molecule has 9 heteroatoms. The van der Waals surface area contributed by atoms with E-state index in [2.05, 4.69) is 10.6 Å². The van der Waals surface area contributed by atoms with Crippen LogP contribution in [0.2, 0.25) is 0 Å². The monoisotopic (exact) mass is 347 g/mol. The summed E-state index contributed by atoms with van der Waals surface area (Å²) in [6.07, 6.45) is -3.05. The van der Waals surface area contributed by atoms with Gasteiger partial charge in [0, 0.05) is 5.69 Å². The van der Waals surface area contributed by atoms with Crippen LogP contribution in [0, 0.1) is 0 Å². The van der Waals surface area contributed by atoms with Crippen LogP contribution in [0.15, 0.2) is 24.3 Å². The fourth-order valence-electron chi connectivity index (χ4n) is 1.98. The molecule has 0 aliphatic rings. The molecule has 1 rings (SSSR count). The van der Waals surface area contributed by atoms with Crippen molar-refractivity contribution >= 4 is 17.6 Å². The van der Waals surface area contributed by atoms with Crippen molar-refractivity contribution in [3.8, 4) is 0 Å². The minimum absolute atomic E-state index is 0.120. The molecule has 0 aliphatic heterocycles. The number of rotatable bonds is 9. The van der Waals surface area contributed by atoms with Crippen LogP contribution in [-0.2, 0) is 15.8 Å². The summed E-state index contributed by atoms with van der Waals surface area (Å²) in [7, 11) is 0. The normalized spacial score (nSPS) is 12.5. The first kappa shape index (κ1) is 19.8. The standard InChI is InChI=1S/C15H20F3N3O3/c16-15(17,18)10-4-3-5-11(8-10)20-9-13(22)21-12(14(23)24)6-1-2-7-19/h3-5,8,12,20H,1-2,6-7,9,19H2,(H,21,22)(H,23,24). The molecular formula is C15H20F3N3O3. The van der Waals surface area contributed by atoms with Gasteiger partial charge in [-0.2, -0.15) is 13.2 Å². The van der Waals surface area contributed by atoms with Gasteiger partial charge in [0.25, 0.3) is 0 Å². The molecule has 5 N–H and O–H groups in total. The van der Waals surface area contributed by atoms with Gasteiger partial charge in [0.1, 0.15) is 6.04 Å². The van der Waals surface area contributed by atoms with E-state index >= 15 is 0 Å². The number of carboxylic acid groups (broad SMARTS) is 1. The number of alkyl halides is 3. The second kappa shape index (κ2) is 9.11. The van der Waals surface area contributed by atoms with Gasteiger partial charge in [0.15, 0.2) is 0 Å². The Labute approximate surface area is 137 Å². The van der Waals surface area contributed by atoms with Crippen LogP contribution in [0.5, 0.6) is 0 Å². The molecule has 24 heavy (non-hydrogen) atoms. The number of benzene rings is 1. The van der Waals surface area contributed by atoms with Crippen molar-refractivity contribution in [2.75, 3.05) is 18.4 Å². The van der Waals surface area contributed by atoms with Crippen molar-refractivity contribution in [1.82, 2.24) is 5.32 Å². The zero-order chi connectivity index (χ0) is 18.2. The number of unbranched alkanes of at least 4 members (excludes halogenated alkanes) is 1. The van der Waals surface area contributed by atoms with E-state index in [1.54, 1.807) is 0 Å². The molecule has 6 nitrogen and oxygen atoms in total. The average molecular weight is 347 g/mol. The van der Waals surface area contributed by atoms with Gasteiger partial charge in [-0.05, 0) is 44.0 Å². The number of carboxylic acids is 1. The summed E-state index contributed by atoms with van der Waals surface area (Å²) in [5.74, 6) is -1.79. The van der Waals surface area contributed by atoms with E-state index in [9.17, 15) is 22.8 Å². The van der Waals surface area contributed by atoms with Gasteiger partial charge in [0.2, 0.25) is 5.91 Å². The van der Waals surface area contributed by atoms with Crippen molar-refractivity contribution < 1.29 is 27.9 Å². The summed E-state index contributed by atoms with van der Waals surface area (Å²) in [4.78, 5) is 22.8. The molecule has 1 aromatic rings. The molecule has 1 amide bonds. The predicted octanol–water partition coefficient (Wildman–Crippen LogP) is 1.82. The van der Waals surface area contributed by atoms with Gasteiger partial charge in [-0.1, -0.05) is 6.07 Å². The molecule has 134 valence electrons. The van der Waals surface area contributed by atoms with Crippen molar-refractivity contribution in [3.05, 3.63) is 29.8 Å². The molecule has 1 unspecified atom stereocenters. The quantitative estimate of drug-likeness (QED) is 0.510. The van der Waals surface area contributed by atoms with E-state index in [-0.39, 0.29) is 18.7 Å². The third kappa shape index (κ3) is 6.86. The highest BCUT2D eigenvalue weighted by Gasteiger charge is 2.30. The van der Waals surface area contributed by atoms with Gasteiger partial charge >= 0.3 is 12.1 Å². The topological polar surface area (TPSA) is 104 Å². The fraction of sp³-hybridized carbons (Fsp3) is 0.467. The maximum absolute atomic E-state index is 12.6. The lowest BCUT2D eigenvalue weighted by atomic mass is 10.1. The van der Waals surface area contributed by atoms with Crippen LogP contribution in [0.25, 0.3) is 0 Å². The molecule has 0 aliphatic carbocycles. The number of carbonyl (C=O) groups is 2. The van der Waals surface area contributed by atoms with Crippen LogP contribution >= 0.6 is 0 Å². The van der Waals surface area contributed by atoms with Gasteiger partial charge in [0.05, 0.1) is 12.1 Å². The second-order valence-electron chi connectivity index (χ2n) is 5.17. The number of hydrogen-bond acceptors (Lipinski definition) is 4. The predicted molar refractivity (Wildman–Crippen MR) is 82.4 cm³/mol. The highest BCUT2D eigenvalue weighted by atomic mass is 19.4. The van der Waals surface area contributed by atoms with Crippen LogP contribution in [-0.4, -0.2) is 36.1 Å². The summed E-state index contributed by atoms with van der Waals surface area (Å²) < 4.78 is 37.8. The largest absolute Gasteiger partial charge is 0.480 e. The zero-order valence-corrected chi connectivity index (χ0v) is 12.9. The first-order chi connectivity index (χ1) is 11.2. The summed E-state index contributed by atoms with van der Waals surface area (Å²) in [6, 6.07) is 3.35. The van der Waals surface area contributed by atoms with Crippen molar-refractivity contribution in [3.63, 3.8) is 0 Å². The summed E-state index contributed by atoms with van der Waals surface area (Å²) in [5.41, 5.74) is 4.61. The molecule has 1 atom stereocenters. The fourth-order valence-corrected chi connectivity index (χ4v) is 1.98. The number of carbonyl (C=O) groups excluding carboxylic acids is 1. The van der Waals surface area contributed by atoms with E-state index in [0.29, 0.717) is 19.4 Å². The first-order valence-electron chi connectivity index (χ1n) is 7.37. The second-order valence-corrected chi connectivity index (χ2v) is 5.17. The highest BCUT2D eigenvalue weighted by Crippen LogP contribution is 2.30. The van der Waals surface area contributed by atoms with Crippen molar-refractivity contribution in [2.24, 2.45) is 5.73 Å². The number of nitrogens with two attached hydrogens (primary N) is 1. The molecule has 1 aromatic carbocycles. The Morgan fingerprint density at radius 3 is 2.54 bits per heavy atom. The lowest BCUT2D eigenvalue weighted by Gasteiger charge is -2.15. The Kier molecular flexibility index (Phi) is 7.50. The van der Waals surface area contributed by atoms with E-state index in [1.165, 1.54) is 12.1 Å². The first-order valence-corrected chi connectivity index (χ1v) is 7.37. The minimum atomic E-state index is -4.47. The third-order valence-electron chi connectivity index (χ3n) is 3.22. The molecule has 0 radical (unpaired) electrons. The van der Waals surface area contributed by atoms with E-state index < -0.39 is 29.7 Å². The Bertz CT molecular complexity index is 564. The number of nitrogens with one attached hydrogen (secondary N) is 2. The van der Waals surface area contributed by atoms with Crippen molar-refractivity contribution in [2.45, 2.75) is 31.5 Å². The van der Waals surface area contributed by atoms with Gasteiger partial charge in [-0.15, -0.1) is 0 Å². The highest BCUT2D eigenvalue weighted by molar-refractivity contribution is 5.86. The maximum Gasteiger partial charge on any atom is 0.416 e. The number of aliphatic carboxylic acids is 1. The van der Waals surface area contributed by atoms with Crippen LogP contribution in [0.1, 0.15) is 24.8 Å². The van der Waals surface area contributed by atoms with Crippen LogP contribution < -0.4 is 16.4 Å². The molecule has 0 fully saturated rings. The lowest BCUT2D eigenvalue weighted by Crippen LogP contribution is -2.43. The van der Waals surface area contributed by atoms with E-state index in [0.717, 1.165) is 12.1 Å². The van der Waals surface area contributed by atoms with E-state index in [4.69, 9.17) is 10.8 Å². The Hall–Kier alpha value is -2.29. The van der Waals surface area contributed by atoms with Crippen LogP contribution in [0.3, 0.4) is 0 Å². The number of hydrogen-bond donors (Lipinski definition) is 4. The molecule has 0 saturated heterocycles. The van der Waals surface area contributed by atoms with Crippen LogP contribution in [0.4, 0.5) is 18.9 Å². The SMILES string of the molecule is NCCCCC(NC(=O)CNc1cccc(C(F)(F)F)c1)C(=O)O. The van der Waals surface area contributed by atoms with E-state index in [1.807, 2.05) is 0 Å². The van der Waals surface area contributed by atoms with Gasteiger partial charge < -0.3 is 21.5 Å². The molecular weight excluding hydrogens is 327 g/mol. The Balaban J connectivity index is 2.54. The van der Waals surface area contributed by atoms with Crippen molar-refractivity contribution in [1.29, 1.82) is 0 Å². The summed E-state index contributed by atoms with van der Waals surface area (Å²) in [5, 5.41) is 13.9. The molecule has 0 aromatic heterocycles. The number of amides is 1. The molecule has 0 spiro atoms. The number of halogens is 3. The summed E-state index contributed by atoms with van der Waals surface area (Å²) in [6.45, 7) is 0.0966.